The third-order valence-electron chi connectivity index (χ3n) is 2.71. The van der Waals surface area contributed by atoms with Crippen LogP contribution in [-0.2, 0) is 5.33 Å². The molecule has 16 heavy (non-hydrogen) atoms. The highest BCUT2D eigenvalue weighted by Crippen LogP contribution is 2.24. The number of nitrogens with zero attached hydrogens (tertiary/aromatic N) is 2. The van der Waals surface area contributed by atoms with Crippen molar-refractivity contribution in [3.05, 3.63) is 48.4 Å². The van der Waals surface area contributed by atoms with Gasteiger partial charge in [-0.25, -0.2) is 9.97 Å². The first kappa shape index (κ1) is 9.73. The van der Waals surface area contributed by atoms with Gasteiger partial charge in [-0.15, -0.1) is 0 Å². The lowest BCUT2D eigenvalue weighted by molar-refractivity contribution is 1.23. The van der Waals surface area contributed by atoms with Crippen LogP contribution >= 0.6 is 15.9 Å². The van der Waals surface area contributed by atoms with E-state index in [0.29, 0.717) is 0 Å². The summed E-state index contributed by atoms with van der Waals surface area (Å²) in [6.07, 6.45) is 3.45. The van der Waals surface area contributed by atoms with E-state index < -0.39 is 0 Å². The summed E-state index contributed by atoms with van der Waals surface area (Å²) < 4.78 is 0. The van der Waals surface area contributed by atoms with Gasteiger partial charge in [0.05, 0.1) is 5.52 Å². The second-order valence-electron chi connectivity index (χ2n) is 3.72. The molecule has 3 rings (SSSR count). The third-order valence-corrected chi connectivity index (χ3v) is 3.36. The molecule has 0 aliphatic rings. The molecule has 0 fully saturated rings. The van der Waals surface area contributed by atoms with Crippen molar-refractivity contribution in [3.8, 4) is 0 Å². The van der Waals surface area contributed by atoms with Crippen molar-refractivity contribution in [2.24, 2.45) is 0 Å². The van der Waals surface area contributed by atoms with Gasteiger partial charge in [0.15, 0.2) is 0 Å². The van der Waals surface area contributed by atoms with Gasteiger partial charge in [0.1, 0.15) is 6.33 Å². The molecule has 1 aromatic heterocycles. The van der Waals surface area contributed by atoms with E-state index in [0.717, 1.165) is 16.2 Å². The Morgan fingerprint density at radius 1 is 1.06 bits per heavy atom. The first-order valence-electron chi connectivity index (χ1n) is 5.06. The highest BCUT2D eigenvalue weighted by Gasteiger charge is 2.02. The largest absolute Gasteiger partial charge is 0.244 e. The summed E-state index contributed by atoms with van der Waals surface area (Å²) in [5, 5.41) is 4.36. The van der Waals surface area contributed by atoms with Crippen molar-refractivity contribution >= 4 is 37.6 Å². The van der Waals surface area contributed by atoms with Crippen molar-refractivity contribution < 1.29 is 0 Å². The van der Waals surface area contributed by atoms with Crippen LogP contribution in [-0.4, -0.2) is 9.97 Å². The maximum atomic E-state index is 4.36. The molecule has 0 aliphatic carbocycles. The number of aromatic nitrogens is 2. The second-order valence-corrected chi connectivity index (χ2v) is 4.28. The molecule has 0 saturated carbocycles. The van der Waals surface area contributed by atoms with Crippen molar-refractivity contribution in [1.82, 2.24) is 9.97 Å². The standard InChI is InChI=1S/C13H9BrN2/c14-6-9-1-2-10-3-4-11-7-15-8-16-13(11)12(10)5-9/h1-5,7-8H,6H2. The van der Waals surface area contributed by atoms with Crippen LogP contribution in [0, 0.1) is 0 Å². The molecule has 3 heteroatoms. The zero-order valence-electron chi connectivity index (χ0n) is 8.52. The van der Waals surface area contributed by atoms with E-state index in [1.54, 1.807) is 6.33 Å². The summed E-state index contributed by atoms with van der Waals surface area (Å²) in [6.45, 7) is 0. The first-order valence-corrected chi connectivity index (χ1v) is 6.18. The SMILES string of the molecule is BrCc1ccc2ccc3cncnc3c2c1. The Kier molecular flexibility index (Phi) is 2.33. The average Bonchev–Trinajstić information content (AvgIpc) is 2.38. The smallest absolute Gasteiger partial charge is 0.116 e. The fourth-order valence-electron chi connectivity index (χ4n) is 1.90. The Balaban J connectivity index is 2.47. The zero-order valence-corrected chi connectivity index (χ0v) is 10.1. The highest BCUT2D eigenvalue weighted by atomic mass is 79.9. The van der Waals surface area contributed by atoms with Crippen molar-refractivity contribution in [2.75, 3.05) is 0 Å². The molecule has 0 amide bonds. The number of hydrogen-bond acceptors (Lipinski definition) is 2. The first-order chi connectivity index (χ1) is 7.88. The van der Waals surface area contributed by atoms with E-state index in [1.807, 2.05) is 6.20 Å². The number of halogens is 1. The van der Waals surface area contributed by atoms with Gasteiger partial charge in [0, 0.05) is 22.3 Å². The summed E-state index contributed by atoms with van der Waals surface area (Å²) in [5.74, 6) is 0. The summed E-state index contributed by atoms with van der Waals surface area (Å²) >= 11 is 3.47. The third kappa shape index (κ3) is 1.48. The lowest BCUT2D eigenvalue weighted by atomic mass is 10.0. The van der Waals surface area contributed by atoms with E-state index in [9.17, 15) is 0 Å². The van der Waals surface area contributed by atoms with E-state index >= 15 is 0 Å². The maximum Gasteiger partial charge on any atom is 0.116 e. The summed E-state index contributed by atoms with van der Waals surface area (Å²) in [6, 6.07) is 10.6. The highest BCUT2D eigenvalue weighted by molar-refractivity contribution is 9.08. The molecule has 0 unspecified atom stereocenters. The monoisotopic (exact) mass is 272 g/mol. The molecule has 0 atom stereocenters. The molecule has 2 aromatic carbocycles. The lowest BCUT2D eigenvalue weighted by Gasteiger charge is -2.04. The van der Waals surface area contributed by atoms with E-state index in [-0.39, 0.29) is 0 Å². The molecule has 0 saturated heterocycles. The predicted octanol–water partition coefficient (Wildman–Crippen LogP) is 3.68. The van der Waals surface area contributed by atoms with E-state index in [2.05, 4.69) is 56.2 Å². The number of benzene rings is 2. The summed E-state index contributed by atoms with van der Waals surface area (Å²) in [7, 11) is 0. The second kappa shape index (κ2) is 3.83. The predicted molar refractivity (Wildman–Crippen MR) is 69.7 cm³/mol. The fraction of sp³-hybridized carbons (Fsp3) is 0.0769. The lowest BCUT2D eigenvalue weighted by Crippen LogP contribution is -1.85. The van der Waals surface area contributed by atoms with Crippen LogP contribution in [0.25, 0.3) is 21.7 Å². The van der Waals surface area contributed by atoms with Crippen LogP contribution in [0.4, 0.5) is 0 Å². The van der Waals surface area contributed by atoms with Crippen LogP contribution in [0.2, 0.25) is 0 Å². The minimum atomic E-state index is 0.865. The van der Waals surface area contributed by atoms with Gasteiger partial charge >= 0.3 is 0 Å². The average molecular weight is 273 g/mol. The van der Waals surface area contributed by atoms with Gasteiger partial charge in [-0.05, 0) is 17.0 Å². The van der Waals surface area contributed by atoms with Gasteiger partial charge in [0.2, 0.25) is 0 Å². The molecule has 3 aromatic rings. The van der Waals surface area contributed by atoms with Gasteiger partial charge in [-0.2, -0.15) is 0 Å². The van der Waals surface area contributed by atoms with Crippen LogP contribution in [0.1, 0.15) is 5.56 Å². The Hall–Kier alpha value is -1.48. The molecule has 78 valence electrons. The van der Waals surface area contributed by atoms with E-state index in [1.165, 1.54) is 16.3 Å². The van der Waals surface area contributed by atoms with Crippen LogP contribution in [0.5, 0.6) is 0 Å². The molecular weight excluding hydrogens is 264 g/mol. The quantitative estimate of drug-likeness (QED) is 0.499. The molecule has 0 radical (unpaired) electrons. The molecule has 0 N–H and O–H groups in total. The van der Waals surface area contributed by atoms with Crippen LogP contribution in [0.15, 0.2) is 42.9 Å². The Morgan fingerprint density at radius 2 is 1.88 bits per heavy atom. The minimum absolute atomic E-state index is 0.865. The molecule has 2 nitrogen and oxygen atoms in total. The van der Waals surface area contributed by atoms with Gasteiger partial charge < -0.3 is 0 Å². The van der Waals surface area contributed by atoms with Crippen LogP contribution < -0.4 is 0 Å². The zero-order chi connectivity index (χ0) is 11.0. The molecule has 1 heterocycles. The maximum absolute atomic E-state index is 4.36. The molecule has 0 bridgehead atoms. The van der Waals surface area contributed by atoms with Gasteiger partial charge in [-0.3, -0.25) is 0 Å². The number of alkyl halides is 1. The Bertz CT molecular complexity index is 664. The minimum Gasteiger partial charge on any atom is -0.244 e. The summed E-state index contributed by atoms with van der Waals surface area (Å²) in [5.41, 5.74) is 2.29. The fourth-order valence-corrected chi connectivity index (χ4v) is 2.25. The van der Waals surface area contributed by atoms with Crippen LogP contribution in [0.3, 0.4) is 0 Å². The Labute approximate surface area is 101 Å². The van der Waals surface area contributed by atoms with Crippen molar-refractivity contribution in [2.45, 2.75) is 5.33 Å². The number of hydrogen-bond donors (Lipinski definition) is 0. The van der Waals surface area contributed by atoms with Crippen molar-refractivity contribution in [3.63, 3.8) is 0 Å². The molecule has 0 spiro atoms. The topological polar surface area (TPSA) is 25.8 Å². The van der Waals surface area contributed by atoms with Gasteiger partial charge in [-0.1, -0.05) is 40.2 Å². The number of fused-ring (bicyclic) bond motifs is 3. The van der Waals surface area contributed by atoms with Gasteiger partial charge in [0.25, 0.3) is 0 Å². The normalized spacial score (nSPS) is 11.1. The van der Waals surface area contributed by atoms with E-state index in [4.69, 9.17) is 0 Å². The van der Waals surface area contributed by atoms with Crippen molar-refractivity contribution in [1.29, 1.82) is 0 Å². The Morgan fingerprint density at radius 3 is 2.75 bits per heavy atom. The molecule has 0 aliphatic heterocycles. The molecular formula is C13H9BrN2. The summed E-state index contributed by atoms with van der Waals surface area (Å²) in [4.78, 5) is 8.40. The number of rotatable bonds is 1.